The number of carbonyl (C=O) groups excluding carboxylic acids is 2. The zero-order chi connectivity index (χ0) is 15.6. The van der Waals surface area contributed by atoms with Crippen molar-refractivity contribution in [1.29, 1.82) is 0 Å². The summed E-state index contributed by atoms with van der Waals surface area (Å²) in [6.45, 7) is -0.0444. The molecule has 1 aliphatic rings. The molecule has 2 amide bonds. The topological polar surface area (TPSA) is 87.7 Å². The lowest BCUT2D eigenvalue weighted by molar-refractivity contribution is -0.141. The maximum absolute atomic E-state index is 12.3. The van der Waals surface area contributed by atoms with Crippen molar-refractivity contribution >= 4 is 11.8 Å². The molecular formula is C12H11F3N2O4. The maximum Gasteiger partial charge on any atom is 0.416 e. The first-order chi connectivity index (χ1) is 9.79. The van der Waals surface area contributed by atoms with Crippen LogP contribution in [0.3, 0.4) is 0 Å². The number of hydrogen-bond acceptors (Lipinski definition) is 4. The van der Waals surface area contributed by atoms with Gasteiger partial charge >= 0.3 is 6.18 Å². The van der Waals surface area contributed by atoms with Crippen molar-refractivity contribution in [1.82, 2.24) is 10.8 Å². The molecule has 0 saturated carbocycles. The van der Waals surface area contributed by atoms with Crippen molar-refractivity contribution in [3.05, 3.63) is 29.8 Å². The number of aliphatic hydroxyl groups is 1. The van der Waals surface area contributed by atoms with Crippen LogP contribution in [0.25, 0.3) is 0 Å². The average Bonchev–Trinajstić information content (AvgIpc) is 2.75. The van der Waals surface area contributed by atoms with Gasteiger partial charge in [-0.05, 0) is 24.3 Å². The normalized spacial score (nSPS) is 21.8. The molecule has 1 heterocycles. The van der Waals surface area contributed by atoms with Gasteiger partial charge in [0.15, 0.2) is 5.75 Å². The third-order valence-corrected chi connectivity index (χ3v) is 2.89. The third kappa shape index (κ3) is 3.43. The molecule has 1 aromatic rings. The van der Waals surface area contributed by atoms with Crippen molar-refractivity contribution < 1.29 is 32.7 Å². The summed E-state index contributed by atoms with van der Waals surface area (Å²) in [4.78, 5) is 27.7. The molecular weight excluding hydrogens is 293 g/mol. The Balaban J connectivity index is 1.94. The second kappa shape index (κ2) is 5.60. The molecule has 2 atom stereocenters. The number of rotatable bonds is 3. The molecule has 1 saturated heterocycles. The van der Waals surface area contributed by atoms with E-state index in [1.54, 1.807) is 0 Å². The smallest absolute Gasteiger partial charge is 0.390 e. The van der Waals surface area contributed by atoms with Gasteiger partial charge in [0, 0.05) is 6.54 Å². The zero-order valence-corrected chi connectivity index (χ0v) is 10.5. The van der Waals surface area contributed by atoms with Gasteiger partial charge in [-0.25, -0.2) is 0 Å². The largest absolute Gasteiger partial charge is 0.416 e. The van der Waals surface area contributed by atoms with Gasteiger partial charge in [-0.2, -0.15) is 18.7 Å². The minimum atomic E-state index is -4.46. The molecule has 2 rings (SSSR count). The number of nitrogens with one attached hydrogen (secondary N) is 2. The van der Waals surface area contributed by atoms with Gasteiger partial charge in [-0.3, -0.25) is 9.59 Å². The summed E-state index contributed by atoms with van der Waals surface area (Å²) in [6.07, 6.45) is -5.64. The van der Waals surface area contributed by atoms with Crippen molar-refractivity contribution in [2.24, 2.45) is 5.92 Å². The van der Waals surface area contributed by atoms with Crippen LogP contribution in [0.4, 0.5) is 13.2 Å². The second-order valence-corrected chi connectivity index (χ2v) is 4.38. The summed E-state index contributed by atoms with van der Waals surface area (Å²) in [7, 11) is 0. The summed E-state index contributed by atoms with van der Waals surface area (Å²) < 4.78 is 37.0. The molecule has 6 nitrogen and oxygen atoms in total. The fraction of sp³-hybridized carbons (Fsp3) is 0.333. The van der Waals surface area contributed by atoms with E-state index in [0.29, 0.717) is 0 Å². The number of halogens is 3. The van der Waals surface area contributed by atoms with Crippen LogP contribution in [-0.2, 0) is 15.8 Å². The van der Waals surface area contributed by atoms with Gasteiger partial charge in [0.25, 0.3) is 5.91 Å². The first-order valence-electron chi connectivity index (χ1n) is 5.89. The fourth-order valence-corrected chi connectivity index (χ4v) is 1.79. The number of hydroxylamine groups is 1. The van der Waals surface area contributed by atoms with Gasteiger partial charge < -0.3 is 15.3 Å². The minimum absolute atomic E-state index is 0.0377. The molecule has 0 bridgehead atoms. The Morgan fingerprint density at radius 2 is 1.95 bits per heavy atom. The Morgan fingerprint density at radius 3 is 2.43 bits per heavy atom. The monoisotopic (exact) mass is 304 g/mol. The third-order valence-electron chi connectivity index (χ3n) is 2.89. The summed E-state index contributed by atoms with van der Waals surface area (Å²) in [5, 5.41) is 11.7. The Bertz CT molecular complexity index is 544. The Hall–Kier alpha value is -2.29. The van der Waals surface area contributed by atoms with E-state index >= 15 is 0 Å². The predicted octanol–water partition coefficient (Wildman–Crippen LogP) is 0.222. The van der Waals surface area contributed by atoms with Crippen LogP contribution in [0.1, 0.15) is 5.56 Å². The van der Waals surface area contributed by atoms with E-state index in [1.165, 1.54) is 0 Å². The predicted molar refractivity (Wildman–Crippen MR) is 62.7 cm³/mol. The molecule has 21 heavy (non-hydrogen) atoms. The van der Waals surface area contributed by atoms with Gasteiger partial charge in [-0.1, -0.05) is 0 Å². The van der Waals surface area contributed by atoms with Crippen LogP contribution in [0.15, 0.2) is 24.3 Å². The van der Waals surface area contributed by atoms with E-state index in [0.717, 1.165) is 24.3 Å². The van der Waals surface area contributed by atoms with Crippen molar-refractivity contribution in [2.45, 2.75) is 12.3 Å². The lowest BCUT2D eigenvalue weighted by atomic mass is 10.1. The number of amides is 2. The Labute approximate surface area is 116 Å². The summed E-state index contributed by atoms with van der Waals surface area (Å²) in [5.41, 5.74) is 1.06. The van der Waals surface area contributed by atoms with E-state index in [9.17, 15) is 27.9 Å². The number of benzene rings is 1. The van der Waals surface area contributed by atoms with Gasteiger partial charge in [0.05, 0.1) is 11.7 Å². The molecule has 0 aliphatic carbocycles. The molecule has 2 unspecified atom stereocenters. The fourth-order valence-electron chi connectivity index (χ4n) is 1.79. The zero-order valence-electron chi connectivity index (χ0n) is 10.5. The number of aliphatic hydroxyl groups excluding tert-OH is 1. The van der Waals surface area contributed by atoms with E-state index in [4.69, 9.17) is 4.84 Å². The summed E-state index contributed by atoms with van der Waals surface area (Å²) in [6, 6.07) is 3.62. The van der Waals surface area contributed by atoms with E-state index in [-0.39, 0.29) is 12.3 Å². The molecule has 3 N–H and O–H groups in total. The summed E-state index contributed by atoms with van der Waals surface area (Å²) >= 11 is 0. The molecule has 0 radical (unpaired) electrons. The van der Waals surface area contributed by atoms with Gasteiger partial charge in [-0.15, -0.1) is 0 Å². The van der Waals surface area contributed by atoms with Crippen LogP contribution in [0.5, 0.6) is 5.75 Å². The van der Waals surface area contributed by atoms with E-state index in [1.807, 2.05) is 5.48 Å². The SMILES string of the molecule is O=C1NCC(O)C1C(=O)NOc1ccc(C(F)(F)F)cc1. The average molecular weight is 304 g/mol. The highest BCUT2D eigenvalue weighted by Gasteiger charge is 2.39. The molecule has 9 heteroatoms. The van der Waals surface area contributed by atoms with Crippen molar-refractivity contribution in [2.75, 3.05) is 6.54 Å². The Kier molecular flexibility index (Phi) is 4.03. The molecule has 114 valence electrons. The number of carbonyl (C=O) groups is 2. The molecule has 1 fully saturated rings. The molecule has 0 aromatic heterocycles. The van der Waals surface area contributed by atoms with Crippen LogP contribution in [0, 0.1) is 5.92 Å². The lowest BCUT2D eigenvalue weighted by Gasteiger charge is -2.13. The van der Waals surface area contributed by atoms with Crippen LogP contribution in [-0.4, -0.2) is 29.6 Å². The first-order valence-corrected chi connectivity index (χ1v) is 5.89. The standard InChI is InChI=1S/C12H11F3N2O4/c13-12(14,15)6-1-3-7(4-2-6)21-17-11(20)9-8(18)5-16-10(9)19/h1-4,8-9,18H,5H2,(H,16,19)(H,17,20). The maximum atomic E-state index is 12.3. The van der Waals surface area contributed by atoms with E-state index in [2.05, 4.69) is 5.32 Å². The second-order valence-electron chi connectivity index (χ2n) is 4.38. The minimum Gasteiger partial charge on any atom is -0.390 e. The van der Waals surface area contributed by atoms with Crippen LogP contribution >= 0.6 is 0 Å². The Morgan fingerprint density at radius 1 is 1.33 bits per heavy atom. The van der Waals surface area contributed by atoms with Gasteiger partial charge in [0.1, 0.15) is 5.92 Å². The summed E-state index contributed by atoms with van der Waals surface area (Å²) in [5.74, 6) is -2.86. The van der Waals surface area contributed by atoms with Crippen molar-refractivity contribution in [3.8, 4) is 5.75 Å². The van der Waals surface area contributed by atoms with Gasteiger partial charge in [0.2, 0.25) is 5.91 Å². The molecule has 1 aromatic carbocycles. The first kappa shape index (κ1) is 15.1. The number of alkyl halides is 3. The highest BCUT2D eigenvalue weighted by molar-refractivity contribution is 6.02. The number of β-amino-alcohol motifs (C(OH)–C–C–N with tert-alkyl or cyclic N) is 1. The highest BCUT2D eigenvalue weighted by Crippen LogP contribution is 2.30. The highest BCUT2D eigenvalue weighted by atomic mass is 19.4. The lowest BCUT2D eigenvalue weighted by Crippen LogP contribution is -2.40. The van der Waals surface area contributed by atoms with E-state index < -0.39 is 35.6 Å². The molecule has 1 aliphatic heterocycles. The molecule has 0 spiro atoms. The van der Waals surface area contributed by atoms with Crippen LogP contribution < -0.4 is 15.6 Å². The van der Waals surface area contributed by atoms with Crippen molar-refractivity contribution in [3.63, 3.8) is 0 Å². The quantitative estimate of drug-likeness (QED) is 0.551. The van der Waals surface area contributed by atoms with Crippen LogP contribution in [0.2, 0.25) is 0 Å². The number of hydrogen-bond donors (Lipinski definition) is 3.